The Morgan fingerprint density at radius 3 is 2.75 bits per heavy atom. The molecule has 20 heavy (non-hydrogen) atoms. The first-order valence-corrected chi connectivity index (χ1v) is 7.64. The molecular weight excluding hydrogens is 289 g/mol. The number of aliphatic hydroxyl groups excluding tert-OH is 1. The topological polar surface area (TPSA) is 80.7 Å². The summed E-state index contributed by atoms with van der Waals surface area (Å²) in [5.74, 6) is -0.967. The molecule has 0 aromatic rings. The molecule has 3 aliphatic rings. The molecule has 0 unspecified atom stereocenters. The number of hydrogen-bond acceptors (Lipinski definition) is 5. The molecule has 4 atom stereocenters. The number of carboxylic acids is 1. The number of nitrogens with zero attached hydrogens (tertiary/aromatic N) is 1. The van der Waals surface area contributed by atoms with Gasteiger partial charge in [0, 0.05) is 5.25 Å². The Balaban J connectivity index is 0.00000147. The molecule has 0 aliphatic carbocycles. The van der Waals surface area contributed by atoms with Gasteiger partial charge in [-0.05, 0) is 37.5 Å². The van der Waals surface area contributed by atoms with E-state index in [0.717, 1.165) is 24.2 Å². The maximum atomic E-state index is 12.0. The van der Waals surface area contributed by atoms with Crippen molar-refractivity contribution in [1.82, 2.24) is 4.90 Å². The van der Waals surface area contributed by atoms with Gasteiger partial charge in [0.2, 0.25) is 5.91 Å². The van der Waals surface area contributed by atoms with Crippen LogP contribution in [0.2, 0.25) is 0 Å². The number of β-lactam (4-membered cyclic amide) rings is 1. The molecule has 7 heteroatoms. The minimum atomic E-state index is -1.26. The molecular formula is C13H16NNaO4S. The minimum Gasteiger partial charge on any atom is -0.543 e. The van der Waals surface area contributed by atoms with Gasteiger partial charge >= 0.3 is 29.6 Å². The molecule has 0 saturated carbocycles. The van der Waals surface area contributed by atoms with E-state index in [0.29, 0.717) is 6.42 Å². The molecule has 3 rings (SSSR count). The van der Waals surface area contributed by atoms with Crippen molar-refractivity contribution < 1.29 is 49.4 Å². The number of aliphatic carboxylic acids is 1. The van der Waals surface area contributed by atoms with Crippen molar-refractivity contribution in [3.05, 3.63) is 11.3 Å². The van der Waals surface area contributed by atoms with Crippen molar-refractivity contribution in [1.29, 1.82) is 0 Å². The van der Waals surface area contributed by atoms with E-state index in [1.165, 1.54) is 4.90 Å². The molecule has 0 bridgehead atoms. The first-order valence-electron chi connectivity index (χ1n) is 6.59. The molecule has 2 saturated heterocycles. The monoisotopic (exact) mass is 305 g/mol. The van der Waals surface area contributed by atoms with E-state index in [1.807, 2.05) is 0 Å². The molecule has 1 N–H and O–H groups in total. The van der Waals surface area contributed by atoms with E-state index in [2.05, 4.69) is 0 Å². The number of fused-ring (bicyclic) bond motifs is 1. The largest absolute Gasteiger partial charge is 1.00 e. The average Bonchev–Trinajstić information content (AvgIpc) is 2.92. The van der Waals surface area contributed by atoms with Crippen LogP contribution in [0, 0.1) is 5.92 Å². The zero-order chi connectivity index (χ0) is 13.7. The van der Waals surface area contributed by atoms with Crippen LogP contribution in [-0.4, -0.2) is 45.0 Å². The van der Waals surface area contributed by atoms with Crippen LogP contribution in [0.15, 0.2) is 11.3 Å². The maximum Gasteiger partial charge on any atom is 1.00 e. The fourth-order valence-corrected chi connectivity index (χ4v) is 4.79. The van der Waals surface area contributed by atoms with Gasteiger partial charge in [-0.1, -0.05) is 0 Å². The summed E-state index contributed by atoms with van der Waals surface area (Å²) in [6.07, 6.45) is 1.89. The van der Waals surface area contributed by atoms with Gasteiger partial charge in [0.1, 0.15) is 0 Å². The van der Waals surface area contributed by atoms with Crippen LogP contribution in [0.4, 0.5) is 0 Å². The third kappa shape index (κ3) is 2.35. The number of rotatable bonds is 3. The number of aliphatic hydroxyl groups is 1. The van der Waals surface area contributed by atoms with Crippen LogP contribution in [0.3, 0.4) is 0 Å². The van der Waals surface area contributed by atoms with E-state index < -0.39 is 18.0 Å². The van der Waals surface area contributed by atoms with Crippen molar-refractivity contribution >= 4 is 23.6 Å². The average molecular weight is 305 g/mol. The molecule has 0 radical (unpaired) electrons. The summed E-state index contributed by atoms with van der Waals surface area (Å²) < 4.78 is 0. The number of thioether (sulfide) groups is 1. The second kappa shape index (κ2) is 6.01. The van der Waals surface area contributed by atoms with E-state index in [4.69, 9.17) is 0 Å². The van der Waals surface area contributed by atoms with Crippen LogP contribution >= 0.6 is 11.8 Å². The van der Waals surface area contributed by atoms with E-state index >= 15 is 0 Å². The predicted octanol–water partition coefficient (Wildman–Crippen LogP) is -3.50. The zero-order valence-electron chi connectivity index (χ0n) is 11.7. The summed E-state index contributed by atoms with van der Waals surface area (Å²) in [5.41, 5.74) is 0.912. The van der Waals surface area contributed by atoms with Crippen LogP contribution in [-0.2, 0) is 9.59 Å². The SMILES string of the molecule is C[C@@H](O)[C@H]1C(=O)N2C(C(=O)[O-])=C([C@@H]3CCCS3)C[C@H]12.[Na+]. The van der Waals surface area contributed by atoms with Crippen LogP contribution in [0.25, 0.3) is 0 Å². The number of amides is 1. The van der Waals surface area contributed by atoms with Crippen LogP contribution in [0.5, 0.6) is 0 Å². The van der Waals surface area contributed by atoms with Crippen molar-refractivity contribution in [2.45, 2.75) is 43.6 Å². The van der Waals surface area contributed by atoms with Gasteiger partial charge in [-0.3, -0.25) is 4.79 Å². The maximum absolute atomic E-state index is 12.0. The molecule has 0 spiro atoms. The summed E-state index contributed by atoms with van der Waals surface area (Å²) in [6, 6.07) is -0.184. The summed E-state index contributed by atoms with van der Waals surface area (Å²) >= 11 is 1.75. The smallest absolute Gasteiger partial charge is 0.543 e. The molecule has 3 aliphatic heterocycles. The quantitative estimate of drug-likeness (QED) is 0.432. The Bertz CT molecular complexity index is 473. The van der Waals surface area contributed by atoms with Crippen molar-refractivity contribution in [2.24, 2.45) is 5.92 Å². The molecule has 0 aromatic heterocycles. The second-order valence-electron chi connectivity index (χ2n) is 5.41. The summed E-state index contributed by atoms with van der Waals surface area (Å²) in [5, 5.41) is 21.2. The molecule has 1 amide bonds. The summed E-state index contributed by atoms with van der Waals surface area (Å²) in [4.78, 5) is 24.7. The van der Waals surface area contributed by atoms with Crippen LogP contribution in [0.1, 0.15) is 26.2 Å². The van der Waals surface area contributed by atoms with Crippen molar-refractivity contribution in [2.75, 3.05) is 5.75 Å². The summed E-state index contributed by atoms with van der Waals surface area (Å²) in [7, 11) is 0. The number of carbonyl (C=O) groups excluding carboxylic acids is 2. The summed E-state index contributed by atoms with van der Waals surface area (Å²) in [6.45, 7) is 1.58. The number of carbonyl (C=O) groups is 2. The fraction of sp³-hybridized carbons (Fsp3) is 0.692. The normalized spacial score (nSPS) is 33.6. The van der Waals surface area contributed by atoms with Gasteiger partial charge in [-0.25, -0.2) is 0 Å². The molecule has 3 heterocycles. The first kappa shape index (κ1) is 16.4. The van der Waals surface area contributed by atoms with Gasteiger partial charge < -0.3 is 19.9 Å². The fourth-order valence-electron chi connectivity index (χ4n) is 3.43. The van der Waals surface area contributed by atoms with Gasteiger partial charge in [0.15, 0.2) is 0 Å². The van der Waals surface area contributed by atoms with Gasteiger partial charge in [-0.2, -0.15) is 11.8 Å². The van der Waals surface area contributed by atoms with E-state index in [-0.39, 0.29) is 52.5 Å². The Labute approximate surface area is 144 Å². The molecule has 0 aromatic carbocycles. The Morgan fingerprint density at radius 1 is 1.55 bits per heavy atom. The van der Waals surface area contributed by atoms with Gasteiger partial charge in [0.25, 0.3) is 0 Å². The standard InChI is InChI=1S/C13H17NO4S.Na/c1-6(15)10-8-5-7(9-3-2-4-19-9)11(13(17)18)14(8)12(10)16;/h6,8-10,15H,2-5H2,1H3,(H,17,18);/q;+1/p-1/t6-,8-,9+,10-;/m1./s1. The van der Waals surface area contributed by atoms with E-state index in [9.17, 15) is 19.8 Å². The van der Waals surface area contributed by atoms with Crippen molar-refractivity contribution in [3.63, 3.8) is 0 Å². The third-order valence-corrected chi connectivity index (χ3v) is 5.72. The molecule has 5 nitrogen and oxygen atoms in total. The zero-order valence-corrected chi connectivity index (χ0v) is 14.5. The van der Waals surface area contributed by atoms with Crippen LogP contribution < -0.4 is 34.7 Å². The predicted molar refractivity (Wildman–Crippen MR) is 67.9 cm³/mol. The number of carboxylic acid groups (broad SMARTS) is 1. The Hall–Kier alpha value is -0.01000. The minimum absolute atomic E-state index is 0. The van der Waals surface area contributed by atoms with Gasteiger partial charge in [0.05, 0.1) is 29.7 Å². The van der Waals surface area contributed by atoms with Crippen molar-refractivity contribution in [3.8, 4) is 0 Å². The van der Waals surface area contributed by atoms with Gasteiger partial charge in [-0.15, -0.1) is 0 Å². The molecule has 104 valence electrons. The molecule has 2 fully saturated rings. The first-order chi connectivity index (χ1) is 9.02. The Morgan fingerprint density at radius 2 is 2.25 bits per heavy atom. The van der Waals surface area contributed by atoms with E-state index in [1.54, 1.807) is 18.7 Å². The third-order valence-electron chi connectivity index (χ3n) is 4.27. The second-order valence-corrected chi connectivity index (χ2v) is 6.72. The Kier molecular flexibility index (Phi) is 4.91. The number of hydrogen-bond donors (Lipinski definition) is 1.